The number of carboxylic acid groups (broad SMARTS) is 1. The van der Waals surface area contributed by atoms with Crippen LogP contribution >= 0.6 is 0 Å². The second-order valence-corrected chi connectivity index (χ2v) is 8.94. The minimum Gasteiger partial charge on any atom is -0.493 e. The van der Waals surface area contributed by atoms with Crippen molar-refractivity contribution in [2.24, 2.45) is 0 Å². The highest BCUT2D eigenvalue weighted by Crippen LogP contribution is 2.31. The number of nitrogens with zero attached hydrogens (tertiary/aromatic N) is 1. The maximum atomic E-state index is 13.1. The zero-order chi connectivity index (χ0) is 28.0. The van der Waals surface area contributed by atoms with Crippen LogP contribution in [0.25, 0.3) is 11.5 Å². The number of hydrogen-bond acceptors (Lipinski definition) is 5. The standard InChI is InChI=1S/C29H26F4N2O4/c1-18-25(35-27(39-18)21-6-8-22(9-7-21)29(31,32)33)14-15-38-24-12-4-19(5-13-24)16-26(28(36)37)34-17-20-2-10-23(30)11-3-20/h2-13,26,34H,14-17H2,1H3,(H,36,37). The molecule has 0 saturated carbocycles. The fraction of sp³-hybridized carbons (Fsp3) is 0.241. The van der Waals surface area contributed by atoms with Crippen LogP contribution in [0.15, 0.2) is 77.2 Å². The van der Waals surface area contributed by atoms with Gasteiger partial charge in [-0.25, -0.2) is 9.37 Å². The van der Waals surface area contributed by atoms with E-state index in [0.29, 0.717) is 35.7 Å². The molecule has 39 heavy (non-hydrogen) atoms. The molecule has 204 valence electrons. The van der Waals surface area contributed by atoms with Crippen LogP contribution in [0, 0.1) is 12.7 Å². The normalized spacial score (nSPS) is 12.3. The molecule has 0 aliphatic rings. The fourth-order valence-electron chi connectivity index (χ4n) is 3.90. The third-order valence-electron chi connectivity index (χ3n) is 6.09. The van der Waals surface area contributed by atoms with Crippen LogP contribution in [-0.2, 0) is 30.4 Å². The van der Waals surface area contributed by atoms with Crippen molar-refractivity contribution < 1.29 is 36.6 Å². The molecule has 2 N–H and O–H groups in total. The molecule has 3 aromatic carbocycles. The topological polar surface area (TPSA) is 84.6 Å². The van der Waals surface area contributed by atoms with Crippen LogP contribution in [0.2, 0.25) is 0 Å². The maximum absolute atomic E-state index is 13.1. The molecule has 0 saturated heterocycles. The highest BCUT2D eigenvalue weighted by atomic mass is 19.4. The second-order valence-electron chi connectivity index (χ2n) is 8.94. The number of ether oxygens (including phenoxy) is 1. The van der Waals surface area contributed by atoms with Crippen LogP contribution in [0.4, 0.5) is 17.6 Å². The Labute approximate surface area is 222 Å². The monoisotopic (exact) mass is 542 g/mol. The van der Waals surface area contributed by atoms with Crippen molar-refractivity contribution in [2.45, 2.75) is 38.5 Å². The molecule has 0 spiro atoms. The van der Waals surface area contributed by atoms with Gasteiger partial charge in [0.1, 0.15) is 23.4 Å². The highest BCUT2D eigenvalue weighted by molar-refractivity contribution is 5.74. The van der Waals surface area contributed by atoms with Crippen molar-refractivity contribution in [3.05, 3.63) is 107 Å². The van der Waals surface area contributed by atoms with Crippen molar-refractivity contribution >= 4 is 5.97 Å². The van der Waals surface area contributed by atoms with Crippen molar-refractivity contribution in [2.75, 3.05) is 6.61 Å². The lowest BCUT2D eigenvalue weighted by Gasteiger charge is -2.15. The van der Waals surface area contributed by atoms with Crippen molar-refractivity contribution in [3.63, 3.8) is 0 Å². The van der Waals surface area contributed by atoms with Gasteiger partial charge in [0, 0.05) is 18.5 Å². The summed E-state index contributed by atoms with van der Waals surface area (Å²) in [7, 11) is 0. The highest BCUT2D eigenvalue weighted by Gasteiger charge is 2.30. The number of aliphatic carboxylic acids is 1. The molecule has 0 amide bonds. The molecule has 1 heterocycles. The van der Waals surface area contributed by atoms with E-state index in [2.05, 4.69) is 10.3 Å². The molecular formula is C29H26F4N2O4. The lowest BCUT2D eigenvalue weighted by atomic mass is 10.1. The zero-order valence-corrected chi connectivity index (χ0v) is 21.0. The summed E-state index contributed by atoms with van der Waals surface area (Å²) >= 11 is 0. The maximum Gasteiger partial charge on any atom is 0.416 e. The Kier molecular flexibility index (Phi) is 8.65. The molecule has 4 aromatic rings. The van der Waals surface area contributed by atoms with Gasteiger partial charge in [0.25, 0.3) is 0 Å². The zero-order valence-electron chi connectivity index (χ0n) is 21.0. The van der Waals surface area contributed by atoms with E-state index in [9.17, 15) is 27.5 Å². The van der Waals surface area contributed by atoms with Gasteiger partial charge in [-0.15, -0.1) is 0 Å². The molecule has 1 aromatic heterocycles. The summed E-state index contributed by atoms with van der Waals surface area (Å²) in [6, 6.07) is 16.7. The number of aromatic nitrogens is 1. The molecule has 0 fully saturated rings. The molecule has 10 heteroatoms. The Hall–Kier alpha value is -4.18. The first-order valence-electron chi connectivity index (χ1n) is 12.1. The number of benzene rings is 3. The van der Waals surface area contributed by atoms with E-state index in [0.717, 1.165) is 23.3 Å². The van der Waals surface area contributed by atoms with Gasteiger partial charge in [-0.3, -0.25) is 4.79 Å². The lowest BCUT2D eigenvalue weighted by Crippen LogP contribution is -2.38. The predicted molar refractivity (Wildman–Crippen MR) is 136 cm³/mol. The van der Waals surface area contributed by atoms with Gasteiger partial charge in [-0.2, -0.15) is 13.2 Å². The Balaban J connectivity index is 1.28. The van der Waals surface area contributed by atoms with E-state index in [-0.39, 0.29) is 24.7 Å². The van der Waals surface area contributed by atoms with E-state index in [1.807, 2.05) is 0 Å². The lowest BCUT2D eigenvalue weighted by molar-refractivity contribution is -0.139. The van der Waals surface area contributed by atoms with Gasteiger partial charge in [-0.1, -0.05) is 24.3 Å². The Morgan fingerprint density at radius 3 is 2.26 bits per heavy atom. The Morgan fingerprint density at radius 1 is 1.00 bits per heavy atom. The van der Waals surface area contributed by atoms with Gasteiger partial charge in [0.05, 0.1) is 17.9 Å². The predicted octanol–water partition coefficient (Wildman–Crippen LogP) is 6.21. The summed E-state index contributed by atoms with van der Waals surface area (Å²) in [5, 5.41) is 12.6. The first-order chi connectivity index (χ1) is 18.6. The number of nitrogens with one attached hydrogen (secondary N) is 1. The van der Waals surface area contributed by atoms with Gasteiger partial charge in [0.2, 0.25) is 5.89 Å². The van der Waals surface area contributed by atoms with Gasteiger partial charge in [-0.05, 0) is 73.0 Å². The number of carbonyl (C=O) groups is 1. The van der Waals surface area contributed by atoms with E-state index in [4.69, 9.17) is 9.15 Å². The first kappa shape index (κ1) is 27.8. The van der Waals surface area contributed by atoms with E-state index in [1.165, 1.54) is 24.3 Å². The van der Waals surface area contributed by atoms with Crippen molar-refractivity contribution in [1.29, 1.82) is 0 Å². The molecule has 6 nitrogen and oxygen atoms in total. The third kappa shape index (κ3) is 7.67. The second kappa shape index (κ2) is 12.1. The molecule has 0 radical (unpaired) electrons. The molecule has 0 aliphatic heterocycles. The van der Waals surface area contributed by atoms with E-state index in [1.54, 1.807) is 43.3 Å². The summed E-state index contributed by atoms with van der Waals surface area (Å²) in [5.41, 5.74) is 1.92. The van der Waals surface area contributed by atoms with Crippen LogP contribution in [0.5, 0.6) is 5.75 Å². The number of alkyl halides is 3. The number of carboxylic acids is 1. The van der Waals surface area contributed by atoms with Crippen LogP contribution in [0.3, 0.4) is 0 Å². The molecule has 1 atom stereocenters. The smallest absolute Gasteiger partial charge is 0.416 e. The number of oxazole rings is 1. The first-order valence-corrected chi connectivity index (χ1v) is 12.1. The molecular weight excluding hydrogens is 516 g/mol. The van der Waals surface area contributed by atoms with Crippen molar-refractivity contribution in [1.82, 2.24) is 10.3 Å². The fourth-order valence-corrected chi connectivity index (χ4v) is 3.90. The van der Waals surface area contributed by atoms with E-state index < -0.39 is 23.8 Å². The van der Waals surface area contributed by atoms with Crippen LogP contribution < -0.4 is 10.1 Å². The van der Waals surface area contributed by atoms with Crippen LogP contribution in [-0.4, -0.2) is 28.7 Å². The average molecular weight is 543 g/mol. The Bertz CT molecular complexity index is 1380. The quantitative estimate of drug-likeness (QED) is 0.219. The summed E-state index contributed by atoms with van der Waals surface area (Å²) in [6.07, 6.45) is -3.74. The summed E-state index contributed by atoms with van der Waals surface area (Å²) < 4.78 is 62.9. The third-order valence-corrected chi connectivity index (χ3v) is 6.09. The van der Waals surface area contributed by atoms with Crippen molar-refractivity contribution in [3.8, 4) is 17.2 Å². The molecule has 4 rings (SSSR count). The Morgan fingerprint density at radius 2 is 1.64 bits per heavy atom. The number of rotatable bonds is 11. The summed E-state index contributed by atoms with van der Waals surface area (Å²) in [5.74, 6) is 0.0401. The van der Waals surface area contributed by atoms with Gasteiger partial charge >= 0.3 is 12.1 Å². The molecule has 1 unspecified atom stereocenters. The number of aryl methyl sites for hydroxylation is 1. The summed E-state index contributed by atoms with van der Waals surface area (Å²) in [4.78, 5) is 16.1. The number of halogens is 4. The summed E-state index contributed by atoms with van der Waals surface area (Å²) in [6.45, 7) is 2.31. The SMILES string of the molecule is Cc1oc(-c2ccc(C(F)(F)F)cc2)nc1CCOc1ccc(CC(NCc2ccc(F)cc2)C(=O)O)cc1. The van der Waals surface area contributed by atoms with Gasteiger partial charge in [0.15, 0.2) is 0 Å². The van der Waals surface area contributed by atoms with Crippen LogP contribution in [0.1, 0.15) is 28.1 Å². The minimum atomic E-state index is -4.41. The number of hydrogen-bond donors (Lipinski definition) is 2. The molecule has 0 bridgehead atoms. The van der Waals surface area contributed by atoms with Gasteiger partial charge < -0.3 is 19.6 Å². The minimum absolute atomic E-state index is 0.238. The average Bonchev–Trinajstić information content (AvgIpc) is 3.28. The largest absolute Gasteiger partial charge is 0.493 e. The molecule has 0 aliphatic carbocycles. The van der Waals surface area contributed by atoms with E-state index >= 15 is 0 Å².